The molecule has 2 atom stereocenters. The molecule has 21 heavy (non-hydrogen) atoms. The van der Waals surface area contributed by atoms with Gasteiger partial charge in [-0.1, -0.05) is 0 Å². The van der Waals surface area contributed by atoms with Crippen LogP contribution in [0.3, 0.4) is 0 Å². The Morgan fingerprint density at radius 3 is 2.62 bits per heavy atom. The van der Waals surface area contributed by atoms with Gasteiger partial charge in [-0.15, -0.1) is 0 Å². The number of carbonyl (C=O) groups is 1. The van der Waals surface area contributed by atoms with Crippen molar-refractivity contribution in [3.63, 3.8) is 0 Å². The highest BCUT2D eigenvalue weighted by Crippen LogP contribution is 2.25. The maximum atomic E-state index is 11.7. The van der Waals surface area contributed by atoms with Crippen LogP contribution in [-0.2, 0) is 14.6 Å². The highest BCUT2D eigenvalue weighted by molar-refractivity contribution is 7.91. The quantitative estimate of drug-likeness (QED) is 0.683. The maximum absolute atomic E-state index is 11.7. The van der Waals surface area contributed by atoms with Crippen LogP contribution in [0, 0.1) is 0 Å². The summed E-state index contributed by atoms with van der Waals surface area (Å²) in [5, 5.41) is 3.34. The zero-order valence-electron chi connectivity index (χ0n) is 13.0. The van der Waals surface area contributed by atoms with Crippen molar-refractivity contribution >= 4 is 15.7 Å². The van der Waals surface area contributed by atoms with Crippen LogP contribution in [0.2, 0.25) is 0 Å². The number of nitrogens with zero attached hydrogens (tertiary/aromatic N) is 1. The zero-order chi connectivity index (χ0) is 15.7. The fourth-order valence-electron chi connectivity index (χ4n) is 2.95. The van der Waals surface area contributed by atoms with Gasteiger partial charge >= 0.3 is 0 Å². The summed E-state index contributed by atoms with van der Waals surface area (Å²) < 4.78 is 23.1. The number of nitrogens with one attached hydrogen (secondary N) is 1. The zero-order valence-corrected chi connectivity index (χ0v) is 13.8. The minimum Gasteiger partial charge on any atom is -0.368 e. The van der Waals surface area contributed by atoms with Gasteiger partial charge in [0.05, 0.1) is 17.0 Å². The van der Waals surface area contributed by atoms with Gasteiger partial charge in [-0.25, -0.2) is 8.42 Å². The molecule has 2 fully saturated rings. The Labute approximate surface area is 127 Å². The van der Waals surface area contributed by atoms with Gasteiger partial charge in [0, 0.05) is 18.6 Å². The number of carbonyl (C=O) groups excluding carboxylic acids is 1. The van der Waals surface area contributed by atoms with Crippen molar-refractivity contribution in [2.75, 3.05) is 24.6 Å². The Morgan fingerprint density at radius 2 is 2.10 bits per heavy atom. The number of hydrogen-bond acceptors (Lipinski definition) is 5. The van der Waals surface area contributed by atoms with E-state index in [0.717, 1.165) is 25.8 Å². The number of hydrogen-bond donors (Lipinski definition) is 2. The molecule has 0 aromatic rings. The second-order valence-corrected chi connectivity index (χ2v) is 8.95. The van der Waals surface area contributed by atoms with E-state index in [4.69, 9.17) is 5.73 Å². The van der Waals surface area contributed by atoms with E-state index >= 15 is 0 Å². The molecule has 0 radical (unpaired) electrons. The molecule has 0 aromatic carbocycles. The molecule has 1 saturated carbocycles. The monoisotopic (exact) mass is 317 g/mol. The van der Waals surface area contributed by atoms with E-state index in [-0.39, 0.29) is 23.5 Å². The van der Waals surface area contributed by atoms with Crippen LogP contribution in [-0.4, -0.2) is 61.4 Å². The second kappa shape index (κ2) is 6.22. The molecule has 1 heterocycles. The Kier molecular flexibility index (Phi) is 4.95. The van der Waals surface area contributed by atoms with E-state index < -0.39 is 15.4 Å². The van der Waals surface area contributed by atoms with Crippen LogP contribution in [0.4, 0.5) is 0 Å². The smallest absolute Gasteiger partial charge is 0.237 e. The standard InChI is InChI=1S/C14H27N3O3S/c1-11-10-21(19,20)9-8-17(11)7-3-6-14(2,13(15)18)16-12-4-5-12/h11-12,16H,3-10H2,1-2H3,(H2,15,18). The average Bonchev–Trinajstić information content (AvgIpc) is 3.15. The predicted molar refractivity (Wildman–Crippen MR) is 82.7 cm³/mol. The molecule has 6 nitrogen and oxygen atoms in total. The van der Waals surface area contributed by atoms with Crippen LogP contribution in [0.1, 0.15) is 39.5 Å². The molecule has 122 valence electrons. The minimum atomic E-state index is -2.87. The maximum Gasteiger partial charge on any atom is 0.237 e. The van der Waals surface area contributed by atoms with Crippen LogP contribution in [0.25, 0.3) is 0 Å². The number of sulfone groups is 1. The SMILES string of the molecule is CC1CS(=O)(=O)CCN1CCCC(C)(NC1CC1)C(N)=O. The first-order chi connectivity index (χ1) is 9.72. The molecule has 0 bridgehead atoms. The molecule has 0 aromatic heterocycles. The lowest BCUT2D eigenvalue weighted by Gasteiger charge is -2.34. The Morgan fingerprint density at radius 1 is 1.43 bits per heavy atom. The van der Waals surface area contributed by atoms with Crippen LogP contribution < -0.4 is 11.1 Å². The number of rotatable bonds is 7. The first kappa shape index (κ1) is 16.7. The molecule has 1 amide bonds. The molecular weight excluding hydrogens is 290 g/mol. The number of primary amides is 1. The lowest BCUT2D eigenvalue weighted by Crippen LogP contribution is -2.54. The summed E-state index contributed by atoms with van der Waals surface area (Å²) in [5.41, 5.74) is 4.89. The van der Waals surface area contributed by atoms with Crippen molar-refractivity contribution in [3.8, 4) is 0 Å². The summed E-state index contributed by atoms with van der Waals surface area (Å²) in [5.74, 6) is 0.175. The molecule has 1 aliphatic carbocycles. The summed E-state index contributed by atoms with van der Waals surface area (Å²) in [6, 6.07) is 0.488. The van der Waals surface area contributed by atoms with E-state index in [1.165, 1.54) is 0 Å². The van der Waals surface area contributed by atoms with Gasteiger partial charge in [0.15, 0.2) is 9.84 Å². The molecular formula is C14H27N3O3S. The summed E-state index contributed by atoms with van der Waals surface area (Å²) >= 11 is 0. The van der Waals surface area contributed by atoms with Gasteiger partial charge in [0.1, 0.15) is 0 Å². The summed E-state index contributed by atoms with van der Waals surface area (Å²) in [7, 11) is -2.87. The molecule has 3 N–H and O–H groups in total. The Bertz CT molecular complexity index is 490. The van der Waals surface area contributed by atoms with E-state index in [0.29, 0.717) is 19.0 Å². The average molecular weight is 317 g/mol. The third kappa shape index (κ3) is 4.66. The predicted octanol–water partition coefficient (Wildman–Crippen LogP) is -0.118. The molecule has 2 unspecified atom stereocenters. The van der Waals surface area contributed by atoms with Crippen molar-refractivity contribution in [2.24, 2.45) is 5.73 Å². The summed E-state index contributed by atoms with van der Waals surface area (Å²) in [6.45, 7) is 5.23. The third-order valence-electron chi connectivity index (χ3n) is 4.57. The number of nitrogens with two attached hydrogens (primary N) is 1. The highest BCUT2D eigenvalue weighted by atomic mass is 32.2. The first-order valence-electron chi connectivity index (χ1n) is 7.74. The topological polar surface area (TPSA) is 92.5 Å². The van der Waals surface area contributed by atoms with Gasteiger partial charge in [-0.3, -0.25) is 9.69 Å². The van der Waals surface area contributed by atoms with Gasteiger partial charge in [-0.05, 0) is 46.1 Å². The minimum absolute atomic E-state index is 0.0555. The Balaban J connectivity index is 1.81. The highest BCUT2D eigenvalue weighted by Gasteiger charge is 2.37. The molecule has 2 aliphatic rings. The second-order valence-electron chi connectivity index (χ2n) is 6.72. The Hall–Kier alpha value is -0.660. The molecule has 0 spiro atoms. The van der Waals surface area contributed by atoms with Crippen molar-refractivity contribution in [3.05, 3.63) is 0 Å². The lowest BCUT2D eigenvalue weighted by molar-refractivity contribution is -0.124. The van der Waals surface area contributed by atoms with E-state index in [9.17, 15) is 13.2 Å². The fourth-order valence-corrected chi connectivity index (χ4v) is 4.57. The fraction of sp³-hybridized carbons (Fsp3) is 0.929. The van der Waals surface area contributed by atoms with Crippen LogP contribution >= 0.6 is 0 Å². The molecule has 1 saturated heterocycles. The van der Waals surface area contributed by atoms with Gasteiger partial charge < -0.3 is 11.1 Å². The van der Waals surface area contributed by atoms with E-state index in [2.05, 4.69) is 10.2 Å². The molecule has 2 rings (SSSR count). The number of amides is 1. The van der Waals surface area contributed by atoms with Crippen molar-refractivity contribution in [1.29, 1.82) is 0 Å². The van der Waals surface area contributed by atoms with E-state index in [1.54, 1.807) is 0 Å². The van der Waals surface area contributed by atoms with Gasteiger partial charge in [0.2, 0.25) is 5.91 Å². The van der Waals surface area contributed by atoms with Crippen molar-refractivity contribution in [2.45, 2.75) is 57.2 Å². The lowest BCUT2D eigenvalue weighted by atomic mass is 9.94. The van der Waals surface area contributed by atoms with E-state index in [1.807, 2.05) is 13.8 Å². The summed E-state index contributed by atoms with van der Waals surface area (Å²) in [4.78, 5) is 13.9. The normalized spacial score (nSPS) is 29.0. The van der Waals surface area contributed by atoms with Gasteiger partial charge in [0.25, 0.3) is 0 Å². The molecule has 1 aliphatic heterocycles. The van der Waals surface area contributed by atoms with Crippen LogP contribution in [0.15, 0.2) is 0 Å². The molecule has 7 heteroatoms. The van der Waals surface area contributed by atoms with Crippen LogP contribution in [0.5, 0.6) is 0 Å². The first-order valence-corrected chi connectivity index (χ1v) is 9.56. The largest absolute Gasteiger partial charge is 0.368 e. The summed E-state index contributed by atoms with van der Waals surface area (Å²) in [6.07, 6.45) is 3.76. The van der Waals surface area contributed by atoms with Crippen molar-refractivity contribution in [1.82, 2.24) is 10.2 Å². The van der Waals surface area contributed by atoms with Gasteiger partial charge in [-0.2, -0.15) is 0 Å². The third-order valence-corrected chi connectivity index (χ3v) is 6.37. The van der Waals surface area contributed by atoms with Crippen molar-refractivity contribution < 1.29 is 13.2 Å².